The van der Waals surface area contributed by atoms with Crippen LogP contribution in [0.25, 0.3) is 0 Å². The van der Waals surface area contributed by atoms with Gasteiger partial charge in [0, 0.05) is 10.9 Å². The van der Waals surface area contributed by atoms with Crippen molar-refractivity contribution in [1.29, 1.82) is 0 Å². The minimum absolute atomic E-state index is 0.263. The summed E-state index contributed by atoms with van der Waals surface area (Å²) in [4.78, 5) is 5.73. The highest BCUT2D eigenvalue weighted by Gasteiger charge is 2.12. The van der Waals surface area contributed by atoms with Crippen LogP contribution in [0.4, 0.5) is 0 Å². The van der Waals surface area contributed by atoms with Gasteiger partial charge in [0.1, 0.15) is 0 Å². The Morgan fingerprint density at radius 3 is 2.38 bits per heavy atom. The number of hydrogen-bond acceptors (Lipinski definition) is 3. The van der Waals surface area contributed by atoms with Gasteiger partial charge in [0.15, 0.2) is 0 Å². The molecule has 0 spiro atoms. The third kappa shape index (κ3) is 2.78. The highest BCUT2D eigenvalue weighted by Crippen LogP contribution is 2.19. The number of aryl methyl sites for hydroxylation is 2. The molecule has 74 valence electrons. The van der Waals surface area contributed by atoms with Gasteiger partial charge in [0.05, 0.1) is 10.7 Å². The lowest BCUT2D eigenvalue weighted by molar-refractivity contribution is 0.492. The molecule has 1 heterocycles. The summed E-state index contributed by atoms with van der Waals surface area (Å²) in [6, 6.07) is 0.263. The number of hydrogen-bond donors (Lipinski definition) is 1. The van der Waals surface area contributed by atoms with Crippen molar-refractivity contribution >= 4 is 11.3 Å². The van der Waals surface area contributed by atoms with Gasteiger partial charge in [-0.25, -0.2) is 4.98 Å². The molecule has 0 radical (unpaired) electrons. The largest absolute Gasteiger partial charge is 0.327 e. The average Bonchev–Trinajstić information content (AvgIpc) is 2.30. The summed E-state index contributed by atoms with van der Waals surface area (Å²) in [6.07, 6.45) is 0.967. The smallest absolute Gasteiger partial charge is 0.0900 e. The predicted molar refractivity (Wildman–Crippen MR) is 58.1 cm³/mol. The first-order chi connectivity index (χ1) is 6.00. The van der Waals surface area contributed by atoms with E-state index in [1.54, 1.807) is 11.3 Å². The van der Waals surface area contributed by atoms with Crippen LogP contribution in [0.1, 0.15) is 29.4 Å². The molecule has 1 unspecified atom stereocenters. The summed E-state index contributed by atoms with van der Waals surface area (Å²) in [5.74, 6) is 0.543. The minimum Gasteiger partial charge on any atom is -0.327 e. The molecule has 0 fully saturated rings. The molecule has 0 aliphatic rings. The highest BCUT2D eigenvalue weighted by molar-refractivity contribution is 7.11. The van der Waals surface area contributed by atoms with Crippen molar-refractivity contribution in [1.82, 2.24) is 4.98 Å². The van der Waals surface area contributed by atoms with Gasteiger partial charge in [-0.1, -0.05) is 13.8 Å². The maximum Gasteiger partial charge on any atom is 0.0900 e. The monoisotopic (exact) mass is 198 g/mol. The van der Waals surface area contributed by atoms with Crippen molar-refractivity contribution in [3.63, 3.8) is 0 Å². The van der Waals surface area contributed by atoms with E-state index in [-0.39, 0.29) is 6.04 Å². The van der Waals surface area contributed by atoms with Gasteiger partial charge in [-0.05, 0) is 26.2 Å². The van der Waals surface area contributed by atoms with Gasteiger partial charge >= 0.3 is 0 Å². The van der Waals surface area contributed by atoms with Gasteiger partial charge in [0.2, 0.25) is 0 Å². The van der Waals surface area contributed by atoms with E-state index in [1.165, 1.54) is 4.88 Å². The fourth-order valence-electron chi connectivity index (χ4n) is 1.21. The molecule has 1 aromatic rings. The number of rotatable bonds is 3. The van der Waals surface area contributed by atoms with Crippen molar-refractivity contribution in [2.24, 2.45) is 11.7 Å². The Morgan fingerprint density at radius 1 is 1.38 bits per heavy atom. The first-order valence-corrected chi connectivity index (χ1v) is 5.51. The Labute approximate surface area is 84.2 Å². The van der Waals surface area contributed by atoms with Crippen LogP contribution in [0.5, 0.6) is 0 Å². The second kappa shape index (κ2) is 4.20. The second-order valence-electron chi connectivity index (χ2n) is 3.85. The van der Waals surface area contributed by atoms with Gasteiger partial charge in [-0.15, -0.1) is 11.3 Å². The topological polar surface area (TPSA) is 38.9 Å². The normalized spacial score (nSPS) is 13.7. The van der Waals surface area contributed by atoms with Gasteiger partial charge in [-0.3, -0.25) is 0 Å². The van der Waals surface area contributed by atoms with E-state index < -0.39 is 0 Å². The molecule has 1 aromatic heterocycles. The first kappa shape index (κ1) is 10.7. The summed E-state index contributed by atoms with van der Waals surface area (Å²) in [7, 11) is 0. The molecule has 1 atom stereocenters. The number of thiazole rings is 1. The molecule has 13 heavy (non-hydrogen) atoms. The van der Waals surface area contributed by atoms with Crippen LogP contribution < -0.4 is 5.73 Å². The zero-order valence-corrected chi connectivity index (χ0v) is 9.61. The summed E-state index contributed by atoms with van der Waals surface area (Å²) in [6.45, 7) is 8.43. The Hall–Kier alpha value is -0.410. The number of nitrogens with two attached hydrogens (primary N) is 1. The lowest BCUT2D eigenvalue weighted by atomic mass is 10.0. The molecule has 0 saturated heterocycles. The van der Waals surface area contributed by atoms with E-state index in [2.05, 4.69) is 25.8 Å². The van der Waals surface area contributed by atoms with Crippen LogP contribution in [0, 0.1) is 19.8 Å². The van der Waals surface area contributed by atoms with E-state index >= 15 is 0 Å². The SMILES string of the molecule is Cc1nc(C)c(CC(N)C(C)C)s1. The lowest BCUT2D eigenvalue weighted by Gasteiger charge is -2.14. The van der Waals surface area contributed by atoms with Crippen LogP contribution >= 0.6 is 11.3 Å². The molecule has 0 aliphatic carbocycles. The van der Waals surface area contributed by atoms with Crippen molar-refractivity contribution < 1.29 is 0 Å². The van der Waals surface area contributed by atoms with Crippen molar-refractivity contribution in [2.75, 3.05) is 0 Å². The van der Waals surface area contributed by atoms with Gasteiger partial charge in [0.25, 0.3) is 0 Å². The summed E-state index contributed by atoms with van der Waals surface area (Å²) >= 11 is 1.77. The predicted octanol–water partition coefficient (Wildman–Crippen LogP) is 2.29. The highest BCUT2D eigenvalue weighted by atomic mass is 32.1. The molecular weight excluding hydrogens is 180 g/mol. The molecule has 3 heteroatoms. The molecule has 0 saturated carbocycles. The van der Waals surface area contributed by atoms with Crippen molar-refractivity contribution in [2.45, 2.75) is 40.2 Å². The maximum absolute atomic E-state index is 6.01. The number of aromatic nitrogens is 1. The molecule has 2 nitrogen and oxygen atoms in total. The third-order valence-corrected chi connectivity index (χ3v) is 3.37. The summed E-state index contributed by atoms with van der Waals surface area (Å²) in [5, 5.41) is 1.14. The Morgan fingerprint density at radius 2 is 2.00 bits per heavy atom. The zero-order valence-electron chi connectivity index (χ0n) is 8.79. The number of nitrogens with zero attached hydrogens (tertiary/aromatic N) is 1. The zero-order chi connectivity index (χ0) is 10.0. The van der Waals surface area contributed by atoms with Crippen LogP contribution in [-0.2, 0) is 6.42 Å². The fraction of sp³-hybridized carbons (Fsp3) is 0.700. The Bertz CT molecular complexity index is 278. The summed E-state index contributed by atoms with van der Waals surface area (Å²) < 4.78 is 0. The molecular formula is C10H18N2S. The van der Waals surface area contributed by atoms with Gasteiger partial charge < -0.3 is 5.73 Å². The molecule has 0 aromatic carbocycles. The minimum atomic E-state index is 0.263. The lowest BCUT2D eigenvalue weighted by Crippen LogP contribution is -2.28. The second-order valence-corrected chi connectivity index (χ2v) is 5.14. The van der Waals surface area contributed by atoms with E-state index in [0.717, 1.165) is 17.1 Å². The van der Waals surface area contributed by atoms with Crippen LogP contribution in [0.15, 0.2) is 0 Å². The standard InChI is InChI=1S/C10H18N2S/c1-6(2)9(11)5-10-7(3)12-8(4)13-10/h6,9H,5,11H2,1-4H3. The van der Waals surface area contributed by atoms with Crippen LogP contribution in [-0.4, -0.2) is 11.0 Å². The molecule has 2 N–H and O–H groups in total. The van der Waals surface area contributed by atoms with E-state index in [1.807, 2.05) is 6.92 Å². The quantitative estimate of drug-likeness (QED) is 0.809. The Kier molecular flexibility index (Phi) is 3.45. The third-order valence-electron chi connectivity index (χ3n) is 2.28. The molecule has 0 aliphatic heterocycles. The molecule has 0 bridgehead atoms. The fourth-order valence-corrected chi connectivity index (χ4v) is 2.22. The van der Waals surface area contributed by atoms with Gasteiger partial charge in [-0.2, -0.15) is 0 Å². The first-order valence-electron chi connectivity index (χ1n) is 4.69. The van der Waals surface area contributed by atoms with E-state index in [4.69, 9.17) is 5.73 Å². The van der Waals surface area contributed by atoms with E-state index in [0.29, 0.717) is 5.92 Å². The molecule has 0 amide bonds. The van der Waals surface area contributed by atoms with Crippen molar-refractivity contribution in [3.8, 4) is 0 Å². The summed E-state index contributed by atoms with van der Waals surface area (Å²) in [5.41, 5.74) is 7.16. The van der Waals surface area contributed by atoms with Crippen molar-refractivity contribution in [3.05, 3.63) is 15.6 Å². The maximum atomic E-state index is 6.01. The van der Waals surface area contributed by atoms with E-state index in [9.17, 15) is 0 Å². The van der Waals surface area contributed by atoms with Crippen LogP contribution in [0.3, 0.4) is 0 Å². The molecule has 1 rings (SSSR count). The Balaban J connectivity index is 2.68. The average molecular weight is 198 g/mol. The van der Waals surface area contributed by atoms with Crippen LogP contribution in [0.2, 0.25) is 0 Å².